The van der Waals surface area contributed by atoms with Gasteiger partial charge in [0, 0.05) is 13.4 Å². The van der Waals surface area contributed by atoms with Crippen molar-refractivity contribution in [2.45, 2.75) is 9.79 Å². The van der Waals surface area contributed by atoms with Crippen LogP contribution in [-0.4, -0.2) is 7.11 Å². The second-order valence-corrected chi connectivity index (χ2v) is 5.89. The summed E-state index contributed by atoms with van der Waals surface area (Å²) in [6.07, 6.45) is 0. The molecule has 2 aromatic carbocycles. The SMILES string of the molecule is COc1ccc(Sc2ccc(I)cc2)c(C#N)c1. The highest BCUT2D eigenvalue weighted by molar-refractivity contribution is 14.1. The lowest BCUT2D eigenvalue weighted by Gasteiger charge is -2.06. The van der Waals surface area contributed by atoms with Gasteiger partial charge in [-0.3, -0.25) is 0 Å². The van der Waals surface area contributed by atoms with Crippen LogP contribution in [0.4, 0.5) is 0 Å². The zero-order valence-corrected chi connectivity index (χ0v) is 12.7. The van der Waals surface area contributed by atoms with Crippen molar-refractivity contribution in [2.24, 2.45) is 0 Å². The minimum Gasteiger partial charge on any atom is -0.497 e. The summed E-state index contributed by atoms with van der Waals surface area (Å²) in [7, 11) is 1.60. The van der Waals surface area contributed by atoms with Crippen LogP contribution in [0.2, 0.25) is 0 Å². The zero-order chi connectivity index (χ0) is 13.0. The van der Waals surface area contributed by atoms with Crippen molar-refractivity contribution in [2.75, 3.05) is 7.11 Å². The third-order valence-electron chi connectivity index (χ3n) is 2.35. The van der Waals surface area contributed by atoms with E-state index < -0.39 is 0 Å². The van der Waals surface area contributed by atoms with Crippen LogP contribution in [0.5, 0.6) is 5.75 Å². The van der Waals surface area contributed by atoms with E-state index in [1.807, 2.05) is 12.1 Å². The van der Waals surface area contributed by atoms with Crippen LogP contribution >= 0.6 is 34.4 Å². The lowest BCUT2D eigenvalue weighted by molar-refractivity contribution is 0.414. The Morgan fingerprint density at radius 1 is 1.17 bits per heavy atom. The van der Waals surface area contributed by atoms with Crippen molar-refractivity contribution in [3.63, 3.8) is 0 Å². The van der Waals surface area contributed by atoms with E-state index in [-0.39, 0.29) is 0 Å². The summed E-state index contributed by atoms with van der Waals surface area (Å²) >= 11 is 3.86. The van der Waals surface area contributed by atoms with Gasteiger partial charge in [0.25, 0.3) is 0 Å². The molecular formula is C14H10INOS. The number of rotatable bonds is 3. The molecular weight excluding hydrogens is 357 g/mol. The normalized spacial score (nSPS) is 9.83. The summed E-state index contributed by atoms with van der Waals surface area (Å²) in [4.78, 5) is 2.07. The van der Waals surface area contributed by atoms with Gasteiger partial charge in [-0.1, -0.05) is 11.8 Å². The Hall–Kier alpha value is -1.19. The standard InChI is InChI=1S/C14H10INOS/c1-17-12-4-7-14(10(8-12)9-16)18-13-5-2-11(15)3-6-13/h2-8H,1H3. The number of halogens is 1. The lowest BCUT2D eigenvalue weighted by atomic mass is 10.2. The highest BCUT2D eigenvalue weighted by Gasteiger charge is 2.06. The van der Waals surface area contributed by atoms with Crippen LogP contribution in [0.25, 0.3) is 0 Å². The molecule has 2 rings (SSSR count). The molecule has 0 unspecified atom stereocenters. The van der Waals surface area contributed by atoms with Crippen molar-refractivity contribution in [1.29, 1.82) is 5.26 Å². The van der Waals surface area contributed by atoms with Crippen LogP contribution in [0, 0.1) is 14.9 Å². The Labute approximate surface area is 124 Å². The van der Waals surface area contributed by atoms with Gasteiger partial charge in [-0.05, 0) is 65.1 Å². The minimum atomic E-state index is 0.637. The van der Waals surface area contributed by atoms with E-state index in [1.54, 1.807) is 24.9 Å². The van der Waals surface area contributed by atoms with Crippen molar-refractivity contribution >= 4 is 34.4 Å². The maximum Gasteiger partial charge on any atom is 0.120 e. The summed E-state index contributed by atoms with van der Waals surface area (Å²) in [6, 6.07) is 16.0. The smallest absolute Gasteiger partial charge is 0.120 e. The fourth-order valence-corrected chi connectivity index (χ4v) is 2.68. The fourth-order valence-electron chi connectivity index (χ4n) is 1.44. The highest BCUT2D eigenvalue weighted by Crippen LogP contribution is 2.32. The van der Waals surface area contributed by atoms with Crippen molar-refractivity contribution in [1.82, 2.24) is 0 Å². The number of hydrogen-bond donors (Lipinski definition) is 0. The summed E-state index contributed by atoms with van der Waals surface area (Å²) < 4.78 is 6.32. The molecule has 2 nitrogen and oxygen atoms in total. The van der Waals surface area contributed by atoms with Gasteiger partial charge in [0.1, 0.15) is 11.8 Å². The Kier molecular flexibility index (Phi) is 4.50. The third-order valence-corrected chi connectivity index (χ3v) is 4.15. The molecule has 0 aliphatic heterocycles. The van der Waals surface area contributed by atoms with Gasteiger partial charge in [0.2, 0.25) is 0 Å². The van der Waals surface area contributed by atoms with Crippen LogP contribution in [0.15, 0.2) is 52.3 Å². The lowest BCUT2D eigenvalue weighted by Crippen LogP contribution is -1.86. The number of methoxy groups -OCH3 is 1. The topological polar surface area (TPSA) is 33.0 Å². The summed E-state index contributed by atoms with van der Waals surface area (Å²) in [5.74, 6) is 0.707. The molecule has 0 amide bonds. The van der Waals surface area contributed by atoms with E-state index in [9.17, 15) is 0 Å². The molecule has 0 aliphatic rings. The maximum atomic E-state index is 9.14. The molecule has 4 heteroatoms. The number of nitriles is 1. The first-order valence-corrected chi connectivity index (χ1v) is 7.14. The first-order chi connectivity index (χ1) is 8.72. The van der Waals surface area contributed by atoms with E-state index in [1.165, 1.54) is 3.57 Å². The molecule has 0 aliphatic carbocycles. The minimum absolute atomic E-state index is 0.637. The maximum absolute atomic E-state index is 9.14. The molecule has 0 bridgehead atoms. The van der Waals surface area contributed by atoms with Gasteiger partial charge in [-0.2, -0.15) is 5.26 Å². The second-order valence-electron chi connectivity index (χ2n) is 3.53. The monoisotopic (exact) mass is 367 g/mol. The summed E-state index contributed by atoms with van der Waals surface area (Å²) in [5.41, 5.74) is 0.637. The van der Waals surface area contributed by atoms with E-state index >= 15 is 0 Å². The molecule has 0 aromatic heterocycles. The zero-order valence-electron chi connectivity index (χ0n) is 9.68. The molecule has 18 heavy (non-hydrogen) atoms. The number of benzene rings is 2. The number of ether oxygens (including phenoxy) is 1. The average Bonchev–Trinajstić information content (AvgIpc) is 2.41. The molecule has 0 fully saturated rings. The molecule has 0 spiro atoms. The van der Waals surface area contributed by atoms with Crippen molar-refractivity contribution in [3.05, 3.63) is 51.6 Å². The number of hydrogen-bond acceptors (Lipinski definition) is 3. The molecule has 0 heterocycles. The predicted octanol–water partition coefficient (Wildman–Crippen LogP) is 4.32. The van der Waals surface area contributed by atoms with Gasteiger partial charge >= 0.3 is 0 Å². The quantitative estimate of drug-likeness (QED) is 0.758. The summed E-state index contributed by atoms with van der Waals surface area (Å²) in [5, 5.41) is 9.14. The van der Waals surface area contributed by atoms with E-state index in [0.29, 0.717) is 11.3 Å². The van der Waals surface area contributed by atoms with Gasteiger partial charge in [0.05, 0.1) is 12.7 Å². The largest absolute Gasteiger partial charge is 0.497 e. The van der Waals surface area contributed by atoms with E-state index in [2.05, 4.69) is 52.9 Å². The first kappa shape index (κ1) is 13.2. The Morgan fingerprint density at radius 2 is 1.89 bits per heavy atom. The summed E-state index contributed by atoms with van der Waals surface area (Å²) in [6.45, 7) is 0. The third kappa shape index (κ3) is 3.18. The van der Waals surface area contributed by atoms with Gasteiger partial charge in [-0.25, -0.2) is 0 Å². The first-order valence-electron chi connectivity index (χ1n) is 5.24. The van der Waals surface area contributed by atoms with Crippen LogP contribution < -0.4 is 4.74 Å². The molecule has 0 N–H and O–H groups in total. The molecule has 2 aromatic rings. The molecule has 90 valence electrons. The molecule has 0 atom stereocenters. The van der Waals surface area contributed by atoms with Gasteiger partial charge < -0.3 is 4.74 Å². The second kappa shape index (κ2) is 6.12. The van der Waals surface area contributed by atoms with Gasteiger partial charge in [-0.15, -0.1) is 0 Å². The fraction of sp³-hybridized carbons (Fsp3) is 0.0714. The van der Waals surface area contributed by atoms with Crippen molar-refractivity contribution in [3.8, 4) is 11.8 Å². The molecule has 0 saturated carbocycles. The molecule has 0 saturated heterocycles. The Morgan fingerprint density at radius 3 is 2.50 bits per heavy atom. The Bertz CT molecular complexity index is 590. The number of nitrogens with zero attached hydrogens (tertiary/aromatic N) is 1. The van der Waals surface area contributed by atoms with Crippen LogP contribution in [0.3, 0.4) is 0 Å². The molecule has 0 radical (unpaired) electrons. The van der Waals surface area contributed by atoms with Crippen LogP contribution in [-0.2, 0) is 0 Å². The van der Waals surface area contributed by atoms with Crippen molar-refractivity contribution < 1.29 is 4.74 Å². The van der Waals surface area contributed by atoms with Crippen LogP contribution in [0.1, 0.15) is 5.56 Å². The van der Waals surface area contributed by atoms with E-state index in [0.717, 1.165) is 9.79 Å². The highest BCUT2D eigenvalue weighted by atomic mass is 127. The average molecular weight is 367 g/mol. The Balaban J connectivity index is 2.29. The predicted molar refractivity (Wildman–Crippen MR) is 81.0 cm³/mol. The van der Waals surface area contributed by atoms with E-state index in [4.69, 9.17) is 10.00 Å². The van der Waals surface area contributed by atoms with Gasteiger partial charge in [0.15, 0.2) is 0 Å².